The molecular formula is C8H13NO2. The van der Waals surface area contributed by atoms with E-state index in [0.717, 1.165) is 32.2 Å². The molecule has 0 radical (unpaired) electrons. The van der Waals surface area contributed by atoms with E-state index in [4.69, 9.17) is 5.11 Å². The zero-order valence-electron chi connectivity index (χ0n) is 6.49. The van der Waals surface area contributed by atoms with Crippen LogP contribution in [-0.4, -0.2) is 29.4 Å². The van der Waals surface area contributed by atoms with Crippen molar-refractivity contribution in [2.45, 2.75) is 19.3 Å². The lowest BCUT2D eigenvalue weighted by Crippen LogP contribution is -2.29. The highest BCUT2D eigenvalue weighted by molar-refractivity contribution is 5.71. The molecule has 0 aromatic rings. The zero-order chi connectivity index (χ0) is 8.10. The van der Waals surface area contributed by atoms with Crippen LogP contribution in [0.25, 0.3) is 0 Å². The van der Waals surface area contributed by atoms with Gasteiger partial charge >= 0.3 is 0 Å². The first kappa shape index (κ1) is 8.11. The van der Waals surface area contributed by atoms with Crippen molar-refractivity contribution < 1.29 is 9.90 Å². The van der Waals surface area contributed by atoms with Crippen molar-refractivity contribution in [1.82, 2.24) is 4.90 Å². The van der Waals surface area contributed by atoms with E-state index in [1.165, 1.54) is 6.42 Å². The lowest BCUT2D eigenvalue weighted by molar-refractivity contribution is -0.106. The Morgan fingerprint density at radius 1 is 1.27 bits per heavy atom. The van der Waals surface area contributed by atoms with Gasteiger partial charge < -0.3 is 10.0 Å². The summed E-state index contributed by atoms with van der Waals surface area (Å²) in [6.45, 7) is 1.79. The first-order valence-electron chi connectivity index (χ1n) is 3.93. The molecule has 1 saturated heterocycles. The smallest absolute Gasteiger partial charge is 0.169 e. The van der Waals surface area contributed by atoms with Gasteiger partial charge in [-0.25, -0.2) is 0 Å². The number of piperidine rings is 1. The van der Waals surface area contributed by atoms with Crippen LogP contribution in [0.1, 0.15) is 19.3 Å². The van der Waals surface area contributed by atoms with E-state index in [1.807, 2.05) is 4.90 Å². The summed E-state index contributed by atoms with van der Waals surface area (Å²) in [5, 5.41) is 8.64. The number of carbonyl (C=O) groups excluding carboxylic acids is 1. The second-order valence-electron chi connectivity index (χ2n) is 2.72. The largest absolute Gasteiger partial charge is 0.513 e. The number of aliphatic hydroxyl groups is 1. The quantitative estimate of drug-likeness (QED) is 0.368. The van der Waals surface area contributed by atoms with Crippen LogP contribution in [-0.2, 0) is 4.79 Å². The van der Waals surface area contributed by atoms with Gasteiger partial charge in [0.05, 0.1) is 0 Å². The topological polar surface area (TPSA) is 40.5 Å². The third kappa shape index (κ3) is 1.97. The van der Waals surface area contributed by atoms with Gasteiger partial charge in [0, 0.05) is 13.1 Å². The second-order valence-corrected chi connectivity index (χ2v) is 2.72. The maximum atomic E-state index is 10.4. The Morgan fingerprint density at radius 3 is 2.36 bits per heavy atom. The van der Waals surface area contributed by atoms with Crippen molar-refractivity contribution in [1.29, 1.82) is 0 Å². The fourth-order valence-electron chi connectivity index (χ4n) is 1.34. The number of hydrogen-bond donors (Lipinski definition) is 1. The first-order chi connectivity index (χ1) is 5.38. The van der Waals surface area contributed by atoms with Crippen molar-refractivity contribution >= 4 is 6.29 Å². The molecule has 0 bridgehead atoms. The number of aldehydes is 1. The van der Waals surface area contributed by atoms with E-state index in [9.17, 15) is 4.79 Å². The highest BCUT2D eigenvalue weighted by Gasteiger charge is 2.11. The third-order valence-corrected chi connectivity index (χ3v) is 1.97. The molecule has 0 saturated carbocycles. The highest BCUT2D eigenvalue weighted by atomic mass is 16.2. The van der Waals surface area contributed by atoms with Gasteiger partial charge in [0.25, 0.3) is 0 Å². The van der Waals surface area contributed by atoms with Crippen molar-refractivity contribution in [3.8, 4) is 0 Å². The first-order valence-corrected chi connectivity index (χ1v) is 3.93. The molecule has 0 amide bonds. The monoisotopic (exact) mass is 155 g/mol. The van der Waals surface area contributed by atoms with E-state index in [-0.39, 0.29) is 0 Å². The number of allylic oxidation sites excluding steroid dienone is 1. The minimum atomic E-state index is 0.407. The fourth-order valence-corrected chi connectivity index (χ4v) is 1.34. The SMILES string of the molecule is O=C/C(=C/O)N1CCCCC1. The fraction of sp³-hybridized carbons (Fsp3) is 0.625. The molecule has 0 aliphatic carbocycles. The van der Waals surface area contributed by atoms with E-state index in [1.54, 1.807) is 0 Å². The van der Waals surface area contributed by atoms with E-state index < -0.39 is 0 Å². The Kier molecular flexibility index (Phi) is 2.95. The van der Waals surface area contributed by atoms with Gasteiger partial charge in [-0.3, -0.25) is 4.79 Å². The molecule has 0 aromatic carbocycles. The summed E-state index contributed by atoms with van der Waals surface area (Å²) in [7, 11) is 0. The lowest BCUT2D eigenvalue weighted by Gasteiger charge is -2.27. The summed E-state index contributed by atoms with van der Waals surface area (Å²) in [6.07, 6.45) is 5.05. The van der Waals surface area contributed by atoms with Crippen LogP contribution in [0, 0.1) is 0 Å². The van der Waals surface area contributed by atoms with Crippen LogP contribution in [0.4, 0.5) is 0 Å². The maximum absolute atomic E-state index is 10.4. The normalized spacial score (nSPS) is 20.0. The van der Waals surface area contributed by atoms with Crippen molar-refractivity contribution in [2.24, 2.45) is 0 Å². The summed E-state index contributed by atoms with van der Waals surface area (Å²) >= 11 is 0. The second kappa shape index (κ2) is 4.01. The van der Waals surface area contributed by atoms with Crippen molar-refractivity contribution in [3.05, 3.63) is 12.0 Å². The van der Waals surface area contributed by atoms with Gasteiger partial charge in [-0.15, -0.1) is 0 Å². The van der Waals surface area contributed by atoms with E-state index >= 15 is 0 Å². The Hall–Kier alpha value is -0.990. The predicted octanol–water partition coefficient (Wildman–Crippen LogP) is 1.07. The minimum absolute atomic E-state index is 0.407. The molecule has 1 rings (SSSR count). The highest BCUT2D eigenvalue weighted by Crippen LogP contribution is 2.12. The number of nitrogens with zero attached hydrogens (tertiary/aromatic N) is 1. The van der Waals surface area contributed by atoms with Crippen LogP contribution in [0.5, 0.6) is 0 Å². The summed E-state index contributed by atoms with van der Waals surface area (Å²) in [5.41, 5.74) is 0.407. The minimum Gasteiger partial charge on any atom is -0.513 e. The molecule has 1 fully saturated rings. The van der Waals surface area contributed by atoms with Gasteiger partial charge in [-0.05, 0) is 19.3 Å². The number of likely N-dealkylation sites (tertiary alicyclic amines) is 1. The number of rotatable bonds is 2. The van der Waals surface area contributed by atoms with Crippen molar-refractivity contribution in [3.63, 3.8) is 0 Å². The molecule has 0 unspecified atom stereocenters. The summed E-state index contributed by atoms with van der Waals surface area (Å²) in [4.78, 5) is 12.3. The molecule has 0 spiro atoms. The van der Waals surface area contributed by atoms with Crippen LogP contribution >= 0.6 is 0 Å². The van der Waals surface area contributed by atoms with Gasteiger partial charge in [0.1, 0.15) is 12.0 Å². The molecule has 0 aromatic heterocycles. The average molecular weight is 155 g/mol. The van der Waals surface area contributed by atoms with Gasteiger partial charge in [0.15, 0.2) is 6.29 Å². The van der Waals surface area contributed by atoms with Gasteiger partial charge in [-0.2, -0.15) is 0 Å². The third-order valence-electron chi connectivity index (χ3n) is 1.97. The molecule has 62 valence electrons. The molecule has 11 heavy (non-hydrogen) atoms. The number of hydrogen-bond acceptors (Lipinski definition) is 3. The summed E-state index contributed by atoms with van der Waals surface area (Å²) in [5.74, 6) is 0. The average Bonchev–Trinajstić information content (AvgIpc) is 2.09. The number of carbonyl (C=O) groups is 1. The van der Waals surface area contributed by atoms with Crippen LogP contribution in [0.2, 0.25) is 0 Å². The molecule has 1 heterocycles. The molecule has 3 heteroatoms. The van der Waals surface area contributed by atoms with E-state index in [0.29, 0.717) is 12.0 Å². The van der Waals surface area contributed by atoms with Crippen LogP contribution in [0.3, 0.4) is 0 Å². The standard InChI is InChI=1S/C8H13NO2/c10-6-8(7-11)9-4-2-1-3-5-9/h6-7,10H,1-5H2/b8-6-. The molecule has 1 N–H and O–H groups in total. The Labute approximate surface area is 66.3 Å². The summed E-state index contributed by atoms with van der Waals surface area (Å²) in [6, 6.07) is 0. The van der Waals surface area contributed by atoms with E-state index in [2.05, 4.69) is 0 Å². The lowest BCUT2D eigenvalue weighted by atomic mass is 10.1. The molecular weight excluding hydrogens is 142 g/mol. The molecule has 0 atom stereocenters. The van der Waals surface area contributed by atoms with Crippen molar-refractivity contribution in [2.75, 3.05) is 13.1 Å². The van der Waals surface area contributed by atoms with Crippen LogP contribution < -0.4 is 0 Å². The number of aliphatic hydroxyl groups excluding tert-OH is 1. The Morgan fingerprint density at radius 2 is 1.91 bits per heavy atom. The van der Waals surface area contributed by atoms with Gasteiger partial charge in [-0.1, -0.05) is 0 Å². The molecule has 1 aliphatic rings. The van der Waals surface area contributed by atoms with Gasteiger partial charge in [0.2, 0.25) is 0 Å². The predicted molar refractivity (Wildman–Crippen MR) is 42.2 cm³/mol. The maximum Gasteiger partial charge on any atom is 0.169 e. The molecule has 3 nitrogen and oxygen atoms in total. The Balaban J connectivity index is 2.49. The molecule has 1 aliphatic heterocycles. The summed E-state index contributed by atoms with van der Waals surface area (Å²) < 4.78 is 0. The van der Waals surface area contributed by atoms with Crippen LogP contribution in [0.15, 0.2) is 12.0 Å². The Bertz CT molecular complexity index is 159. The zero-order valence-corrected chi connectivity index (χ0v) is 6.49.